The maximum absolute atomic E-state index is 12.7. The molecule has 1 atom stereocenters. The summed E-state index contributed by atoms with van der Waals surface area (Å²) in [4.78, 5) is 20.0. The van der Waals surface area contributed by atoms with E-state index in [4.69, 9.17) is 0 Å². The van der Waals surface area contributed by atoms with Crippen LogP contribution in [0.5, 0.6) is 0 Å². The fourth-order valence-corrected chi connectivity index (χ4v) is 5.15. The van der Waals surface area contributed by atoms with Crippen LogP contribution >= 0.6 is 0 Å². The highest BCUT2D eigenvalue weighted by Gasteiger charge is 2.18. The minimum Gasteiger partial charge on any atom is -0.356 e. The van der Waals surface area contributed by atoms with Crippen molar-refractivity contribution < 1.29 is 4.79 Å². The van der Waals surface area contributed by atoms with Gasteiger partial charge in [0.1, 0.15) is 0 Å². The lowest BCUT2D eigenvalue weighted by Gasteiger charge is -2.28. The van der Waals surface area contributed by atoms with Gasteiger partial charge in [-0.3, -0.25) is 4.79 Å². The van der Waals surface area contributed by atoms with Gasteiger partial charge in [0.15, 0.2) is 0 Å². The summed E-state index contributed by atoms with van der Waals surface area (Å²) in [7, 11) is 6.70. The Morgan fingerprint density at radius 1 is 0.676 bits per heavy atom. The van der Waals surface area contributed by atoms with Crippen molar-refractivity contribution in [1.29, 1.82) is 0 Å². The monoisotopic (exact) mass is 480 g/mol. The number of nitrogens with one attached hydrogen (secondary N) is 1. The second-order valence-electron chi connectivity index (χ2n) is 11.0. The van der Waals surface area contributed by atoms with Crippen LogP contribution in [-0.4, -0.2) is 87.1 Å². The second-order valence-corrected chi connectivity index (χ2v) is 11.0. The van der Waals surface area contributed by atoms with E-state index in [1.54, 1.807) is 0 Å². The molecule has 0 bridgehead atoms. The molecular formula is C29H60N4O. The van der Waals surface area contributed by atoms with Gasteiger partial charge in [0.25, 0.3) is 0 Å². The van der Waals surface area contributed by atoms with Crippen LogP contribution in [0.15, 0.2) is 0 Å². The Morgan fingerprint density at radius 2 is 1.18 bits per heavy atom. The smallest absolute Gasteiger partial charge is 0.221 e. The van der Waals surface area contributed by atoms with E-state index in [2.05, 4.69) is 48.1 Å². The topological polar surface area (TPSA) is 38.8 Å². The SMILES string of the molecule is CCCCCCCCCCCCC[C@@H]1CC(=O)NCCCN(C)CCCCN(C)CCCN1C. The normalized spacial score (nSPS) is 21.9. The first-order valence-corrected chi connectivity index (χ1v) is 14.9. The first-order chi connectivity index (χ1) is 16.5. The van der Waals surface area contributed by atoms with Crippen molar-refractivity contribution in [3.63, 3.8) is 0 Å². The summed E-state index contributed by atoms with van der Waals surface area (Å²) in [5, 5.41) is 3.20. The molecule has 1 fully saturated rings. The van der Waals surface area contributed by atoms with Crippen molar-refractivity contribution in [2.24, 2.45) is 0 Å². The number of amides is 1. The third-order valence-electron chi connectivity index (χ3n) is 7.60. The molecule has 0 saturated carbocycles. The summed E-state index contributed by atoms with van der Waals surface area (Å²) in [5.74, 6) is 0.240. The van der Waals surface area contributed by atoms with Gasteiger partial charge in [0.2, 0.25) is 5.91 Å². The molecule has 0 aromatic rings. The Bertz CT molecular complexity index is 473. The fourth-order valence-electron chi connectivity index (χ4n) is 5.15. The standard InChI is InChI=1S/C29H60N4O/c1-5-6-7-8-9-10-11-12-13-14-15-20-28-27-29(34)30-21-18-24-31(2)22-16-17-23-32(3)25-19-26-33(28)4/h28H,5-27H2,1-4H3,(H,30,34)/t28-/m1/s1. The molecule has 1 aliphatic rings. The molecule has 1 aliphatic heterocycles. The number of hydrogen-bond donors (Lipinski definition) is 1. The quantitative estimate of drug-likeness (QED) is 0.351. The van der Waals surface area contributed by atoms with Gasteiger partial charge in [-0.05, 0) is 86.0 Å². The number of unbranched alkanes of at least 4 members (excludes halogenated alkanes) is 10. The minimum absolute atomic E-state index is 0.240. The molecule has 0 aliphatic carbocycles. The third-order valence-corrected chi connectivity index (χ3v) is 7.60. The number of rotatable bonds is 12. The average molecular weight is 481 g/mol. The molecule has 0 radical (unpaired) electrons. The number of carbonyl (C=O) groups is 1. The van der Waals surface area contributed by atoms with Gasteiger partial charge >= 0.3 is 0 Å². The van der Waals surface area contributed by atoms with Crippen LogP contribution in [-0.2, 0) is 4.79 Å². The van der Waals surface area contributed by atoms with Crippen molar-refractivity contribution in [2.45, 2.75) is 122 Å². The lowest BCUT2D eigenvalue weighted by atomic mass is 10.0. The summed E-state index contributed by atoms with van der Waals surface area (Å²) < 4.78 is 0. The first-order valence-electron chi connectivity index (χ1n) is 14.9. The molecule has 1 N–H and O–H groups in total. The van der Waals surface area contributed by atoms with Crippen LogP contribution in [0.1, 0.15) is 116 Å². The second kappa shape index (κ2) is 21.6. The van der Waals surface area contributed by atoms with Gasteiger partial charge < -0.3 is 20.0 Å². The van der Waals surface area contributed by atoms with Crippen molar-refractivity contribution in [3.05, 3.63) is 0 Å². The lowest BCUT2D eigenvalue weighted by Crippen LogP contribution is -2.39. The van der Waals surface area contributed by atoms with Gasteiger partial charge in [0.05, 0.1) is 0 Å². The van der Waals surface area contributed by atoms with Crippen LogP contribution in [0, 0.1) is 0 Å². The molecular weight excluding hydrogens is 420 g/mol. The summed E-state index contributed by atoms with van der Waals surface area (Å²) in [5.41, 5.74) is 0. The largest absolute Gasteiger partial charge is 0.356 e. The van der Waals surface area contributed by atoms with E-state index in [1.165, 1.54) is 96.4 Å². The van der Waals surface area contributed by atoms with E-state index in [0.717, 1.165) is 45.6 Å². The number of nitrogens with zero attached hydrogens (tertiary/aromatic N) is 3. The molecule has 0 aromatic heterocycles. The van der Waals surface area contributed by atoms with Crippen molar-refractivity contribution in [3.8, 4) is 0 Å². The maximum Gasteiger partial charge on any atom is 0.221 e. The highest BCUT2D eigenvalue weighted by molar-refractivity contribution is 5.76. The molecule has 0 aromatic carbocycles. The highest BCUT2D eigenvalue weighted by Crippen LogP contribution is 2.16. The van der Waals surface area contributed by atoms with E-state index in [9.17, 15) is 4.79 Å². The molecule has 202 valence electrons. The zero-order valence-electron chi connectivity index (χ0n) is 23.6. The number of hydrogen-bond acceptors (Lipinski definition) is 4. The molecule has 1 saturated heterocycles. The summed E-state index contributed by atoms with van der Waals surface area (Å²) in [6.45, 7) is 8.75. The summed E-state index contributed by atoms with van der Waals surface area (Å²) in [6, 6.07) is 0.377. The molecule has 5 heteroatoms. The molecule has 1 amide bonds. The molecule has 5 nitrogen and oxygen atoms in total. The van der Waals surface area contributed by atoms with Crippen LogP contribution in [0.3, 0.4) is 0 Å². The van der Waals surface area contributed by atoms with Crippen LogP contribution in [0.25, 0.3) is 0 Å². The van der Waals surface area contributed by atoms with Crippen molar-refractivity contribution in [2.75, 3.05) is 60.4 Å². The zero-order valence-corrected chi connectivity index (χ0v) is 23.6. The minimum atomic E-state index is 0.240. The summed E-state index contributed by atoms with van der Waals surface area (Å²) >= 11 is 0. The van der Waals surface area contributed by atoms with Gasteiger partial charge in [-0.2, -0.15) is 0 Å². The molecule has 1 heterocycles. The molecule has 1 rings (SSSR count). The Hall–Kier alpha value is -0.650. The van der Waals surface area contributed by atoms with Crippen LogP contribution in [0.2, 0.25) is 0 Å². The van der Waals surface area contributed by atoms with E-state index >= 15 is 0 Å². The Balaban J connectivity index is 2.36. The van der Waals surface area contributed by atoms with Crippen LogP contribution in [0.4, 0.5) is 0 Å². The average Bonchev–Trinajstić information content (AvgIpc) is 2.81. The first kappa shape index (κ1) is 31.4. The Kier molecular flexibility index (Phi) is 20.0. The van der Waals surface area contributed by atoms with E-state index in [-0.39, 0.29) is 5.91 Å². The Morgan fingerprint density at radius 3 is 1.76 bits per heavy atom. The van der Waals surface area contributed by atoms with E-state index < -0.39 is 0 Å². The third kappa shape index (κ3) is 17.7. The van der Waals surface area contributed by atoms with Gasteiger partial charge in [-0.25, -0.2) is 0 Å². The lowest BCUT2D eigenvalue weighted by molar-refractivity contribution is -0.122. The molecule has 34 heavy (non-hydrogen) atoms. The van der Waals surface area contributed by atoms with Gasteiger partial charge in [-0.15, -0.1) is 0 Å². The predicted octanol–water partition coefficient (Wildman–Crippen LogP) is 5.93. The number of carbonyl (C=O) groups excluding carboxylic acids is 1. The highest BCUT2D eigenvalue weighted by atomic mass is 16.1. The fraction of sp³-hybridized carbons (Fsp3) is 0.966. The van der Waals surface area contributed by atoms with Gasteiger partial charge in [0, 0.05) is 19.0 Å². The van der Waals surface area contributed by atoms with Gasteiger partial charge in [-0.1, -0.05) is 77.6 Å². The van der Waals surface area contributed by atoms with E-state index in [0.29, 0.717) is 12.5 Å². The van der Waals surface area contributed by atoms with Crippen molar-refractivity contribution in [1.82, 2.24) is 20.0 Å². The molecule has 0 spiro atoms. The summed E-state index contributed by atoms with van der Waals surface area (Å²) in [6.07, 6.45) is 21.7. The predicted molar refractivity (Wildman–Crippen MR) is 149 cm³/mol. The van der Waals surface area contributed by atoms with E-state index in [1.807, 2.05) is 0 Å². The maximum atomic E-state index is 12.7. The Labute approximate surface area is 213 Å². The zero-order chi connectivity index (χ0) is 24.9. The molecule has 0 unspecified atom stereocenters. The van der Waals surface area contributed by atoms with Crippen LogP contribution < -0.4 is 5.32 Å². The van der Waals surface area contributed by atoms with Crippen molar-refractivity contribution >= 4 is 5.91 Å².